The Morgan fingerprint density at radius 2 is 1.78 bits per heavy atom. The number of ether oxygens (including phenoxy) is 2. The minimum absolute atomic E-state index is 0.0377. The second kappa shape index (κ2) is 9.73. The minimum atomic E-state index is -2.67. The molecule has 0 bridgehead atoms. The summed E-state index contributed by atoms with van der Waals surface area (Å²) in [5.74, 6) is -6.62. The molecule has 222 valence electrons. The average molecular weight is 581 g/mol. The van der Waals surface area contributed by atoms with Crippen LogP contribution in [0.3, 0.4) is 0 Å². The van der Waals surface area contributed by atoms with E-state index in [1.54, 1.807) is 0 Å². The van der Waals surface area contributed by atoms with Gasteiger partial charge < -0.3 is 14.3 Å². The normalized spacial score (nSPS) is 38.7. The Labute approximate surface area is 232 Å². The first-order valence-electron chi connectivity index (χ1n) is 12.8. The number of rotatable bonds is 8. The van der Waals surface area contributed by atoms with Crippen molar-refractivity contribution in [2.24, 2.45) is 28.6 Å². The van der Waals surface area contributed by atoms with Crippen LogP contribution in [0.1, 0.15) is 47.5 Å². The zero-order chi connectivity index (χ0) is 30.7. The van der Waals surface area contributed by atoms with E-state index in [4.69, 9.17) is 19.1 Å². The number of alkyl halides is 1. The molecule has 0 aromatic heterocycles. The Morgan fingerprint density at radius 3 is 2.34 bits per heavy atom. The molecule has 0 aromatic rings. The summed E-state index contributed by atoms with van der Waals surface area (Å²) in [5.41, 5.74) is -8.51. The molecule has 41 heavy (non-hydrogen) atoms. The minimum Gasteiger partial charge on any atom is -0.458 e. The van der Waals surface area contributed by atoms with Gasteiger partial charge in [0, 0.05) is 30.8 Å². The van der Waals surface area contributed by atoms with Crippen LogP contribution >= 0.6 is 0 Å². The second-order valence-corrected chi connectivity index (χ2v) is 11.4. The van der Waals surface area contributed by atoms with Gasteiger partial charge in [-0.05, 0) is 49.8 Å². The second-order valence-electron chi connectivity index (χ2n) is 11.4. The van der Waals surface area contributed by atoms with Gasteiger partial charge >= 0.3 is 11.9 Å². The standard InChI is InChI=1S/C26H29FN2O12/c1-13-8-17-18-10-20(39-15(3)31)19-9-16(32)6-7-23(19,4)25(18,27)22(40-28(34)35)11-24(17,5)26(13,41-29(36)37)21(33)12-38-14(2)30/h6-7,9-10,13,17-18,22H,8,11-12H2,1-5H3/t13-,17-,18-,22-,23-,24-,25-,26+/m0/s1. The SMILES string of the molecule is CC(=O)OCC(=O)[C@]1(O[N+](=O)[O-])[C@@H](C)C[C@H]2[C@@H]3C=C(OC(C)=O)C4=CC(=O)C=C[C@]4(C)[C@@]3(F)[C@@H](O[N+](=O)[O-])C[C@@]21C. The van der Waals surface area contributed by atoms with Gasteiger partial charge in [-0.25, -0.2) is 4.39 Å². The van der Waals surface area contributed by atoms with Crippen molar-refractivity contribution < 1.29 is 52.9 Å². The lowest BCUT2D eigenvalue weighted by Gasteiger charge is -2.61. The van der Waals surface area contributed by atoms with E-state index in [1.807, 2.05) is 0 Å². The molecule has 8 atom stereocenters. The fraction of sp³-hybridized carbons (Fsp3) is 0.615. The average Bonchev–Trinajstić information content (AvgIpc) is 3.06. The van der Waals surface area contributed by atoms with Gasteiger partial charge in [0.1, 0.15) is 11.9 Å². The van der Waals surface area contributed by atoms with Crippen molar-refractivity contribution in [1.82, 2.24) is 0 Å². The fourth-order valence-corrected chi connectivity index (χ4v) is 7.74. The zero-order valence-corrected chi connectivity index (χ0v) is 22.9. The number of carbonyl (C=O) groups is 4. The molecule has 15 heteroatoms. The summed E-state index contributed by atoms with van der Waals surface area (Å²) in [7, 11) is 0. The van der Waals surface area contributed by atoms with E-state index in [9.17, 15) is 39.4 Å². The Hall–Kier alpha value is -4.17. The highest BCUT2D eigenvalue weighted by atomic mass is 19.1. The van der Waals surface area contributed by atoms with E-state index in [0.29, 0.717) is 0 Å². The maximum atomic E-state index is 18.0. The summed E-state index contributed by atoms with van der Waals surface area (Å²) in [6.45, 7) is 5.52. The van der Waals surface area contributed by atoms with Crippen LogP contribution in [0.2, 0.25) is 0 Å². The summed E-state index contributed by atoms with van der Waals surface area (Å²) < 4.78 is 28.2. The van der Waals surface area contributed by atoms with Crippen molar-refractivity contribution in [1.29, 1.82) is 0 Å². The number of hydrogen-bond donors (Lipinski definition) is 0. The third kappa shape index (κ3) is 4.20. The number of carbonyl (C=O) groups excluding carboxylic acids is 4. The number of ketones is 2. The van der Waals surface area contributed by atoms with Gasteiger partial charge in [0.25, 0.3) is 10.2 Å². The van der Waals surface area contributed by atoms with Crippen LogP contribution in [0.5, 0.6) is 0 Å². The molecule has 4 rings (SSSR count). The highest BCUT2D eigenvalue weighted by molar-refractivity contribution is 6.02. The van der Waals surface area contributed by atoms with Crippen LogP contribution in [0.15, 0.2) is 35.6 Å². The van der Waals surface area contributed by atoms with Gasteiger partial charge in [-0.15, -0.1) is 20.2 Å². The van der Waals surface area contributed by atoms with Crippen molar-refractivity contribution in [2.75, 3.05) is 6.61 Å². The van der Waals surface area contributed by atoms with E-state index in [1.165, 1.54) is 32.9 Å². The number of allylic oxidation sites excluding steroid dienone is 5. The monoisotopic (exact) mass is 580 g/mol. The fourth-order valence-electron chi connectivity index (χ4n) is 7.74. The number of esters is 2. The van der Waals surface area contributed by atoms with Crippen LogP contribution in [0.25, 0.3) is 0 Å². The quantitative estimate of drug-likeness (QED) is 0.232. The topological polar surface area (TPSA) is 191 Å². The molecule has 4 aliphatic rings. The third-order valence-electron chi connectivity index (χ3n) is 9.29. The van der Waals surface area contributed by atoms with E-state index >= 15 is 4.39 Å². The Morgan fingerprint density at radius 1 is 1.12 bits per heavy atom. The molecule has 2 fully saturated rings. The van der Waals surface area contributed by atoms with Crippen molar-refractivity contribution in [3.63, 3.8) is 0 Å². The van der Waals surface area contributed by atoms with Gasteiger partial charge in [-0.3, -0.25) is 24.0 Å². The van der Waals surface area contributed by atoms with E-state index in [2.05, 4.69) is 0 Å². The molecule has 0 N–H and O–H groups in total. The molecule has 0 unspecified atom stereocenters. The van der Waals surface area contributed by atoms with Gasteiger partial charge in [0.2, 0.25) is 5.78 Å². The molecule has 2 saturated carbocycles. The molecule has 0 amide bonds. The summed E-state index contributed by atoms with van der Waals surface area (Å²) in [4.78, 5) is 83.1. The first-order chi connectivity index (χ1) is 18.9. The molecular weight excluding hydrogens is 551 g/mol. The smallest absolute Gasteiger partial charge is 0.308 e. The molecule has 0 spiro atoms. The molecule has 14 nitrogen and oxygen atoms in total. The summed E-state index contributed by atoms with van der Waals surface area (Å²) in [6.07, 6.45) is 2.05. The van der Waals surface area contributed by atoms with E-state index in [-0.39, 0.29) is 17.8 Å². The number of nitrogens with zero attached hydrogens (tertiary/aromatic N) is 2. The molecule has 0 saturated heterocycles. The van der Waals surface area contributed by atoms with Crippen LogP contribution in [0, 0.1) is 48.8 Å². The van der Waals surface area contributed by atoms with Crippen LogP contribution in [-0.4, -0.2) is 57.7 Å². The predicted octanol–water partition coefficient (Wildman–Crippen LogP) is 2.57. The molecule has 4 aliphatic carbocycles. The predicted molar refractivity (Wildman–Crippen MR) is 132 cm³/mol. The Kier molecular flexibility index (Phi) is 7.07. The van der Waals surface area contributed by atoms with Crippen LogP contribution < -0.4 is 0 Å². The van der Waals surface area contributed by atoms with Gasteiger partial charge in [0.05, 0.1) is 5.41 Å². The largest absolute Gasteiger partial charge is 0.458 e. The van der Waals surface area contributed by atoms with Crippen molar-refractivity contribution in [3.8, 4) is 0 Å². The molecule has 0 heterocycles. The van der Waals surface area contributed by atoms with E-state index in [0.717, 1.165) is 26.0 Å². The zero-order valence-electron chi connectivity index (χ0n) is 22.9. The maximum absolute atomic E-state index is 18.0. The van der Waals surface area contributed by atoms with E-state index < -0.39 is 92.7 Å². The Balaban J connectivity index is 2.00. The van der Waals surface area contributed by atoms with Crippen LogP contribution in [-0.2, 0) is 38.3 Å². The number of Topliss-reactive ketones (excluding diaryl/α,β-unsaturated/α-hetero) is 1. The lowest BCUT2D eigenvalue weighted by atomic mass is 9.46. The van der Waals surface area contributed by atoms with Gasteiger partial charge in [0.15, 0.2) is 23.7 Å². The highest BCUT2D eigenvalue weighted by Gasteiger charge is 2.78. The summed E-state index contributed by atoms with van der Waals surface area (Å²) in [6, 6.07) is 0. The summed E-state index contributed by atoms with van der Waals surface area (Å²) >= 11 is 0. The van der Waals surface area contributed by atoms with Crippen molar-refractivity contribution in [3.05, 3.63) is 55.9 Å². The lowest BCUT2D eigenvalue weighted by Crippen LogP contribution is -2.70. The number of fused-ring (bicyclic) bond motifs is 5. The number of hydrogen-bond acceptors (Lipinski definition) is 12. The van der Waals surface area contributed by atoms with Gasteiger partial charge in [-0.1, -0.05) is 19.9 Å². The third-order valence-corrected chi connectivity index (χ3v) is 9.29. The molecule has 0 aromatic carbocycles. The first kappa shape index (κ1) is 29.8. The molecule has 0 aliphatic heterocycles. The highest BCUT2D eigenvalue weighted by Crippen LogP contribution is 2.71. The lowest BCUT2D eigenvalue weighted by molar-refractivity contribution is -0.785. The van der Waals surface area contributed by atoms with Crippen molar-refractivity contribution >= 4 is 23.5 Å². The van der Waals surface area contributed by atoms with Crippen molar-refractivity contribution in [2.45, 2.75) is 64.8 Å². The maximum Gasteiger partial charge on any atom is 0.308 e. The van der Waals surface area contributed by atoms with Gasteiger partial charge in [-0.2, -0.15) is 0 Å². The van der Waals surface area contributed by atoms with Crippen LogP contribution in [0.4, 0.5) is 4.39 Å². The Bertz CT molecular complexity index is 1340. The molecular formula is C26H29FN2O12. The first-order valence-corrected chi connectivity index (χ1v) is 12.8. The summed E-state index contributed by atoms with van der Waals surface area (Å²) in [5, 5.41) is 21.1. The molecule has 0 radical (unpaired) electrons. The number of halogens is 1.